The Morgan fingerprint density at radius 1 is 1.13 bits per heavy atom. The number of nitrogens with one attached hydrogen (secondary N) is 1. The first kappa shape index (κ1) is 14.7. The fourth-order valence-corrected chi connectivity index (χ4v) is 1.55. The zero-order valence-corrected chi connectivity index (χ0v) is 11.5. The Hall–Kier alpha value is -0.340. The Labute approximate surface area is 98.9 Å². The molecule has 0 unspecified atom stereocenters. The first-order valence-electron chi connectivity index (χ1n) is 5.73. The molecule has 0 aliphatic rings. The van der Waals surface area contributed by atoms with Crippen LogP contribution in [-0.4, -0.2) is 13.1 Å². The van der Waals surface area contributed by atoms with Crippen LogP contribution in [0.1, 0.15) is 32.6 Å². The third-order valence-electron chi connectivity index (χ3n) is 1.77. The van der Waals surface area contributed by atoms with E-state index >= 15 is 0 Å². The van der Waals surface area contributed by atoms with Gasteiger partial charge in [-0.05, 0) is 43.3 Å². The van der Waals surface area contributed by atoms with Crippen molar-refractivity contribution in [2.24, 2.45) is 11.8 Å². The maximum Gasteiger partial charge on any atom is 0.00141 e. The monoisotopic (exact) mass is 227 g/mol. The third-order valence-corrected chi connectivity index (χ3v) is 2.57. The number of aryl methyl sites for hydroxylation is 1. The zero-order valence-electron chi connectivity index (χ0n) is 10.7. The minimum atomic E-state index is 0.781. The van der Waals surface area contributed by atoms with Crippen molar-refractivity contribution in [3.8, 4) is 0 Å². The predicted octanol–water partition coefficient (Wildman–Crippen LogP) is 3.94. The Balaban J connectivity index is 0.000000280. The van der Waals surface area contributed by atoms with E-state index in [9.17, 15) is 0 Å². The van der Waals surface area contributed by atoms with Gasteiger partial charge in [0.2, 0.25) is 0 Å². The highest BCUT2D eigenvalue weighted by Gasteiger charge is 1.94. The lowest BCUT2D eigenvalue weighted by Gasteiger charge is -2.08. The molecular formula is C13H25NS. The van der Waals surface area contributed by atoms with Crippen LogP contribution in [0.3, 0.4) is 0 Å². The second-order valence-corrected chi connectivity index (χ2v) is 5.82. The van der Waals surface area contributed by atoms with Gasteiger partial charge in [-0.15, -0.1) is 11.3 Å². The lowest BCUT2D eigenvalue weighted by molar-refractivity contribution is 0.497. The lowest BCUT2D eigenvalue weighted by Crippen LogP contribution is -2.23. The first-order chi connectivity index (χ1) is 7.02. The van der Waals surface area contributed by atoms with Gasteiger partial charge in [-0.1, -0.05) is 33.8 Å². The summed E-state index contributed by atoms with van der Waals surface area (Å²) in [4.78, 5) is 1.38. The molecule has 0 aliphatic carbocycles. The van der Waals surface area contributed by atoms with Gasteiger partial charge in [-0.25, -0.2) is 0 Å². The van der Waals surface area contributed by atoms with Gasteiger partial charge in [0.25, 0.3) is 0 Å². The van der Waals surface area contributed by atoms with Crippen LogP contribution in [0.15, 0.2) is 17.5 Å². The quantitative estimate of drug-likeness (QED) is 0.821. The Morgan fingerprint density at radius 3 is 1.87 bits per heavy atom. The van der Waals surface area contributed by atoms with Crippen LogP contribution in [0.2, 0.25) is 0 Å². The molecule has 1 rings (SSSR count). The summed E-state index contributed by atoms with van der Waals surface area (Å²) in [5.41, 5.74) is 0. The van der Waals surface area contributed by atoms with Crippen molar-refractivity contribution in [3.05, 3.63) is 22.4 Å². The molecule has 0 bridgehead atoms. The fourth-order valence-electron chi connectivity index (χ4n) is 1.02. The molecule has 1 aromatic heterocycles. The maximum atomic E-state index is 3.38. The maximum absolute atomic E-state index is 3.38. The van der Waals surface area contributed by atoms with E-state index < -0.39 is 0 Å². The summed E-state index contributed by atoms with van der Waals surface area (Å²) in [7, 11) is 0. The molecule has 1 nitrogen and oxygen atoms in total. The van der Waals surface area contributed by atoms with Gasteiger partial charge < -0.3 is 5.32 Å². The van der Waals surface area contributed by atoms with E-state index in [1.807, 2.05) is 0 Å². The normalized spacial score (nSPS) is 10.3. The van der Waals surface area contributed by atoms with Crippen LogP contribution in [0.4, 0.5) is 0 Å². The summed E-state index contributed by atoms with van der Waals surface area (Å²) < 4.78 is 0. The van der Waals surface area contributed by atoms with E-state index in [-0.39, 0.29) is 0 Å². The molecule has 2 heteroatoms. The van der Waals surface area contributed by atoms with Crippen molar-refractivity contribution >= 4 is 11.3 Å². The van der Waals surface area contributed by atoms with Crippen LogP contribution in [-0.2, 0) is 0 Å². The molecule has 0 spiro atoms. The second kappa shape index (κ2) is 8.93. The summed E-state index contributed by atoms with van der Waals surface area (Å²) in [5.74, 6) is 1.56. The molecule has 1 N–H and O–H groups in total. The topological polar surface area (TPSA) is 12.0 Å². The van der Waals surface area contributed by atoms with Gasteiger partial charge >= 0.3 is 0 Å². The highest BCUT2D eigenvalue weighted by atomic mass is 32.1. The Kier molecular flexibility index (Phi) is 8.73. The number of hydrogen-bond donors (Lipinski definition) is 1. The average molecular weight is 227 g/mol. The molecule has 15 heavy (non-hydrogen) atoms. The standard InChI is InChI=1S/C8H19N.C5H6S/c1-7(2)5-9-6-8(3)4;1-5-3-2-4-6-5/h7-9H,5-6H2,1-4H3;2-4H,1H3. The van der Waals surface area contributed by atoms with Crippen LogP contribution in [0.5, 0.6) is 0 Å². The minimum absolute atomic E-state index is 0.781. The predicted molar refractivity (Wildman–Crippen MR) is 71.6 cm³/mol. The molecule has 0 amide bonds. The largest absolute Gasteiger partial charge is 0.316 e. The zero-order chi connectivity index (χ0) is 11.7. The molecule has 1 heterocycles. The number of thiophene rings is 1. The fraction of sp³-hybridized carbons (Fsp3) is 0.692. The highest BCUT2D eigenvalue weighted by molar-refractivity contribution is 7.09. The molecule has 1 aromatic rings. The van der Waals surface area contributed by atoms with Crippen molar-refractivity contribution in [2.45, 2.75) is 34.6 Å². The Morgan fingerprint density at radius 2 is 1.67 bits per heavy atom. The van der Waals surface area contributed by atoms with E-state index in [1.165, 1.54) is 4.88 Å². The summed E-state index contributed by atoms with van der Waals surface area (Å²) in [6.07, 6.45) is 0. The van der Waals surface area contributed by atoms with E-state index in [4.69, 9.17) is 0 Å². The van der Waals surface area contributed by atoms with Gasteiger partial charge in [-0.3, -0.25) is 0 Å². The molecule has 0 radical (unpaired) electrons. The van der Waals surface area contributed by atoms with E-state index in [0.717, 1.165) is 24.9 Å². The van der Waals surface area contributed by atoms with Crippen molar-refractivity contribution in [1.29, 1.82) is 0 Å². The summed E-state index contributed by atoms with van der Waals surface area (Å²) in [6, 6.07) is 4.16. The summed E-state index contributed by atoms with van der Waals surface area (Å²) in [6.45, 7) is 13.3. The van der Waals surface area contributed by atoms with Gasteiger partial charge in [0.05, 0.1) is 0 Å². The van der Waals surface area contributed by atoms with E-state index in [1.54, 1.807) is 11.3 Å². The minimum Gasteiger partial charge on any atom is -0.316 e. The molecule has 0 saturated carbocycles. The van der Waals surface area contributed by atoms with Gasteiger partial charge in [0.1, 0.15) is 0 Å². The van der Waals surface area contributed by atoms with Gasteiger partial charge in [0, 0.05) is 4.88 Å². The van der Waals surface area contributed by atoms with Crippen molar-refractivity contribution in [3.63, 3.8) is 0 Å². The highest BCUT2D eigenvalue weighted by Crippen LogP contribution is 2.03. The number of hydrogen-bond acceptors (Lipinski definition) is 2. The average Bonchev–Trinajstić information content (AvgIpc) is 2.55. The molecule has 0 saturated heterocycles. The van der Waals surface area contributed by atoms with Crippen LogP contribution in [0, 0.1) is 18.8 Å². The molecule has 88 valence electrons. The van der Waals surface area contributed by atoms with Crippen molar-refractivity contribution in [2.75, 3.05) is 13.1 Å². The van der Waals surface area contributed by atoms with Gasteiger partial charge in [-0.2, -0.15) is 0 Å². The van der Waals surface area contributed by atoms with Crippen molar-refractivity contribution < 1.29 is 0 Å². The molecule has 0 fully saturated rings. The van der Waals surface area contributed by atoms with E-state index in [0.29, 0.717) is 0 Å². The van der Waals surface area contributed by atoms with Crippen LogP contribution < -0.4 is 5.32 Å². The van der Waals surface area contributed by atoms with Crippen LogP contribution >= 0.6 is 11.3 Å². The number of rotatable bonds is 4. The Bertz CT molecular complexity index is 206. The van der Waals surface area contributed by atoms with Gasteiger partial charge in [0.15, 0.2) is 0 Å². The third kappa shape index (κ3) is 11.6. The van der Waals surface area contributed by atoms with Crippen molar-refractivity contribution in [1.82, 2.24) is 5.32 Å². The smallest absolute Gasteiger partial charge is 0.00141 e. The molecular weight excluding hydrogens is 202 g/mol. The van der Waals surface area contributed by atoms with Crippen LogP contribution in [0.25, 0.3) is 0 Å². The molecule has 0 atom stereocenters. The molecule has 0 aliphatic heterocycles. The lowest BCUT2D eigenvalue weighted by atomic mass is 10.2. The second-order valence-electron chi connectivity index (χ2n) is 4.67. The summed E-state index contributed by atoms with van der Waals surface area (Å²) in [5, 5.41) is 5.46. The summed E-state index contributed by atoms with van der Waals surface area (Å²) >= 11 is 1.78. The molecule has 0 aromatic carbocycles. The SMILES string of the molecule is CC(C)CNCC(C)C.Cc1cccs1. The first-order valence-corrected chi connectivity index (χ1v) is 6.61. The van der Waals surface area contributed by atoms with E-state index in [2.05, 4.69) is 57.4 Å².